The maximum Gasteiger partial charge on any atom is 0.0414 e. The van der Waals surface area contributed by atoms with E-state index >= 15 is 0 Å². The van der Waals surface area contributed by atoms with E-state index in [4.69, 9.17) is 0 Å². The lowest BCUT2D eigenvalue weighted by molar-refractivity contribution is 1.21. The summed E-state index contributed by atoms with van der Waals surface area (Å²) in [5.74, 6) is 0. The van der Waals surface area contributed by atoms with E-state index in [2.05, 4.69) is 115 Å². The lowest BCUT2D eigenvalue weighted by Crippen LogP contribution is -2.09. The van der Waals surface area contributed by atoms with E-state index in [1.54, 1.807) is 0 Å². The Hall–Kier alpha value is -4.06. The molecule has 6 rings (SSSR count). The Morgan fingerprint density at radius 3 is 1.71 bits per heavy atom. The van der Waals surface area contributed by atoms with Crippen molar-refractivity contribution < 1.29 is 0 Å². The molecule has 0 radical (unpaired) electrons. The van der Waals surface area contributed by atoms with E-state index in [0.29, 0.717) is 0 Å². The van der Waals surface area contributed by atoms with Gasteiger partial charge in [0.05, 0.1) is 0 Å². The van der Waals surface area contributed by atoms with E-state index in [1.165, 1.54) is 49.3 Å². The van der Waals surface area contributed by atoms with Gasteiger partial charge in [0.1, 0.15) is 0 Å². The molecule has 0 spiro atoms. The van der Waals surface area contributed by atoms with Gasteiger partial charge in [-0.3, -0.25) is 0 Å². The van der Waals surface area contributed by atoms with Gasteiger partial charge < -0.3 is 4.90 Å². The summed E-state index contributed by atoms with van der Waals surface area (Å²) in [6.45, 7) is 0. The Morgan fingerprint density at radius 2 is 1.13 bits per heavy atom. The molecule has 0 fully saturated rings. The smallest absolute Gasteiger partial charge is 0.0414 e. The number of rotatable bonds is 3. The highest BCUT2D eigenvalue weighted by molar-refractivity contribution is 6.25. The van der Waals surface area contributed by atoms with Gasteiger partial charge in [0.25, 0.3) is 0 Å². The van der Waals surface area contributed by atoms with Crippen molar-refractivity contribution in [1.29, 1.82) is 0 Å². The third-order valence-corrected chi connectivity index (χ3v) is 6.28. The zero-order valence-electron chi connectivity index (χ0n) is 17.3. The first-order chi connectivity index (χ1) is 15.3. The van der Waals surface area contributed by atoms with Crippen LogP contribution >= 0.6 is 0 Å². The zero-order chi connectivity index (χ0) is 20.8. The van der Waals surface area contributed by atoms with Gasteiger partial charge in [-0.25, -0.2) is 0 Å². The fourth-order valence-corrected chi connectivity index (χ4v) is 4.63. The summed E-state index contributed by atoms with van der Waals surface area (Å²) in [6, 6.07) is 32.9. The van der Waals surface area contributed by atoms with Crippen molar-refractivity contribution in [2.75, 3.05) is 11.9 Å². The predicted molar refractivity (Wildman–Crippen MR) is 134 cm³/mol. The first kappa shape index (κ1) is 17.8. The van der Waals surface area contributed by atoms with Crippen LogP contribution in [-0.2, 0) is 0 Å². The fraction of sp³-hybridized carbons (Fsp3) is 0.0333. The Kier molecular flexibility index (Phi) is 4.02. The minimum absolute atomic E-state index is 1.14. The molecule has 0 saturated heterocycles. The second kappa shape index (κ2) is 7.02. The van der Waals surface area contributed by atoms with E-state index in [-0.39, 0.29) is 0 Å². The highest BCUT2D eigenvalue weighted by Gasteiger charge is 2.11. The molecule has 31 heavy (non-hydrogen) atoms. The predicted octanol–water partition coefficient (Wildman–Crippen LogP) is 8.02. The molecule has 5 aromatic carbocycles. The maximum absolute atomic E-state index is 3.27. The number of allylic oxidation sites excluding steroid dienone is 3. The second-order valence-electron chi connectivity index (χ2n) is 8.01. The van der Waals surface area contributed by atoms with E-state index in [9.17, 15) is 0 Å². The van der Waals surface area contributed by atoms with E-state index in [1.807, 2.05) is 12.2 Å². The van der Waals surface area contributed by atoms with Crippen LogP contribution < -0.4 is 4.90 Å². The topological polar surface area (TPSA) is 3.24 Å². The number of benzene rings is 5. The molecule has 0 amide bonds. The molecule has 0 atom stereocenters. The molecule has 1 nitrogen and oxygen atoms in total. The minimum atomic E-state index is 1.14. The minimum Gasteiger partial charge on any atom is -0.345 e. The summed E-state index contributed by atoms with van der Waals surface area (Å²) in [5.41, 5.74) is 7.95. The summed E-state index contributed by atoms with van der Waals surface area (Å²) >= 11 is 0. The monoisotopic (exact) mass is 395 g/mol. The summed E-state index contributed by atoms with van der Waals surface area (Å²) in [7, 11) is 2.13. The number of nitrogens with zero attached hydrogens (tertiary/aromatic N) is 1. The molecule has 0 N–H and O–H groups in total. The van der Waals surface area contributed by atoms with Crippen molar-refractivity contribution in [3.63, 3.8) is 0 Å². The molecule has 0 unspecified atom stereocenters. The first-order valence-electron chi connectivity index (χ1n) is 10.6. The summed E-state index contributed by atoms with van der Waals surface area (Å²) in [4.78, 5) is 2.25. The molecular weight excluding hydrogens is 374 g/mol. The summed E-state index contributed by atoms with van der Waals surface area (Å²) < 4.78 is 0. The van der Waals surface area contributed by atoms with Crippen LogP contribution in [0.5, 0.6) is 0 Å². The van der Waals surface area contributed by atoms with Gasteiger partial charge in [-0.15, -0.1) is 5.73 Å². The fourth-order valence-electron chi connectivity index (χ4n) is 4.63. The van der Waals surface area contributed by atoms with Gasteiger partial charge in [-0.1, -0.05) is 72.8 Å². The van der Waals surface area contributed by atoms with Gasteiger partial charge in [-0.2, -0.15) is 0 Å². The highest BCUT2D eigenvalue weighted by Crippen LogP contribution is 2.37. The van der Waals surface area contributed by atoms with Crippen LogP contribution in [0.2, 0.25) is 0 Å². The average molecular weight is 396 g/mol. The Labute approximate surface area is 181 Å². The second-order valence-corrected chi connectivity index (χ2v) is 8.01. The molecule has 146 valence electrons. The van der Waals surface area contributed by atoms with Crippen LogP contribution in [0.3, 0.4) is 0 Å². The third-order valence-electron chi connectivity index (χ3n) is 6.28. The quantitative estimate of drug-likeness (QED) is 0.221. The standard InChI is InChI=1S/C30H21N/c1-31(23-16-14-22(15-17-23)21-8-2-3-9-21)24-18-19-29-27-12-5-4-10-25(27)26-11-6-7-13-28(26)30(29)20-24/h2-8,10-20H,1H3. The molecule has 5 aromatic rings. The molecule has 0 aromatic heterocycles. The Balaban J connectivity index is 1.49. The van der Waals surface area contributed by atoms with Crippen molar-refractivity contribution in [3.8, 4) is 0 Å². The lowest BCUT2D eigenvalue weighted by Gasteiger charge is -2.21. The molecular formula is C30H21N. The van der Waals surface area contributed by atoms with Gasteiger partial charge in [0, 0.05) is 24.0 Å². The van der Waals surface area contributed by atoms with Gasteiger partial charge in [0.15, 0.2) is 0 Å². The number of hydrogen-bond acceptors (Lipinski definition) is 1. The Bertz CT molecular complexity index is 1530. The van der Waals surface area contributed by atoms with Crippen LogP contribution in [0.4, 0.5) is 11.4 Å². The third kappa shape index (κ3) is 2.87. The molecule has 1 aliphatic rings. The molecule has 0 saturated carbocycles. The lowest BCUT2D eigenvalue weighted by atomic mass is 9.94. The zero-order valence-corrected chi connectivity index (χ0v) is 17.3. The number of anilines is 2. The van der Waals surface area contributed by atoms with Crippen molar-refractivity contribution in [1.82, 2.24) is 0 Å². The van der Waals surface area contributed by atoms with Crippen molar-refractivity contribution in [2.45, 2.75) is 0 Å². The van der Waals surface area contributed by atoms with Crippen molar-refractivity contribution >= 4 is 49.3 Å². The van der Waals surface area contributed by atoms with Crippen LogP contribution in [0.25, 0.3) is 37.9 Å². The molecule has 0 bridgehead atoms. The van der Waals surface area contributed by atoms with Crippen molar-refractivity contribution in [2.24, 2.45) is 0 Å². The number of fused-ring (bicyclic) bond motifs is 6. The normalized spacial score (nSPS) is 12.7. The SMILES string of the molecule is CN(c1ccc(C2=C=CC=C2)cc1)c1ccc2c3ccccc3c3ccccc3c2c1. The molecule has 1 aliphatic carbocycles. The van der Waals surface area contributed by atoms with Crippen LogP contribution in [0.15, 0.2) is 115 Å². The van der Waals surface area contributed by atoms with Crippen LogP contribution in [0, 0.1) is 0 Å². The van der Waals surface area contributed by atoms with Gasteiger partial charge in [-0.05, 0) is 74.3 Å². The molecule has 1 heteroatoms. The van der Waals surface area contributed by atoms with Gasteiger partial charge in [0.2, 0.25) is 0 Å². The van der Waals surface area contributed by atoms with Gasteiger partial charge >= 0.3 is 0 Å². The van der Waals surface area contributed by atoms with E-state index in [0.717, 1.165) is 5.57 Å². The number of hydrogen-bond donors (Lipinski definition) is 0. The van der Waals surface area contributed by atoms with Crippen molar-refractivity contribution in [3.05, 3.63) is 121 Å². The first-order valence-corrected chi connectivity index (χ1v) is 10.6. The molecule has 0 heterocycles. The average Bonchev–Trinajstić information content (AvgIpc) is 3.39. The van der Waals surface area contributed by atoms with E-state index < -0.39 is 0 Å². The highest BCUT2D eigenvalue weighted by atomic mass is 15.1. The summed E-state index contributed by atoms with van der Waals surface area (Å²) in [5, 5.41) is 7.82. The van der Waals surface area contributed by atoms with Crippen LogP contribution in [-0.4, -0.2) is 7.05 Å². The van der Waals surface area contributed by atoms with Crippen LogP contribution in [0.1, 0.15) is 5.56 Å². The molecule has 0 aliphatic heterocycles. The maximum atomic E-state index is 3.27. The largest absolute Gasteiger partial charge is 0.345 e. The Morgan fingerprint density at radius 1 is 0.581 bits per heavy atom. The summed E-state index contributed by atoms with van der Waals surface area (Å²) in [6.07, 6.45) is 6.08.